The summed E-state index contributed by atoms with van der Waals surface area (Å²) in [7, 11) is 0. The molecule has 1 aliphatic heterocycles. The molecule has 1 aromatic carbocycles. The van der Waals surface area contributed by atoms with E-state index in [1.807, 2.05) is 0 Å². The zero-order valence-corrected chi connectivity index (χ0v) is 14.3. The van der Waals surface area contributed by atoms with Crippen molar-refractivity contribution in [1.29, 1.82) is 0 Å². The summed E-state index contributed by atoms with van der Waals surface area (Å²) < 4.78 is 1.13. The summed E-state index contributed by atoms with van der Waals surface area (Å²) in [5.41, 5.74) is 0.272. The van der Waals surface area contributed by atoms with Crippen LogP contribution in [0, 0.1) is 0 Å². The van der Waals surface area contributed by atoms with Crippen LogP contribution in [0.15, 0.2) is 21.1 Å². The summed E-state index contributed by atoms with van der Waals surface area (Å²) in [5.74, 6) is -1.10. The van der Waals surface area contributed by atoms with E-state index in [0.29, 0.717) is 8.95 Å². The SMILES string of the molecule is O=C(Nc1c(Br)cc(Br)cc1C(=O)O)NC1CCNCC1. The van der Waals surface area contributed by atoms with Crippen LogP contribution in [0.25, 0.3) is 0 Å². The van der Waals surface area contributed by atoms with Crippen LogP contribution >= 0.6 is 31.9 Å². The Bertz CT molecular complexity index is 560. The van der Waals surface area contributed by atoms with Gasteiger partial charge in [-0.05, 0) is 54.0 Å². The fourth-order valence-electron chi connectivity index (χ4n) is 2.17. The van der Waals surface area contributed by atoms with Crippen LogP contribution in [-0.2, 0) is 0 Å². The lowest BCUT2D eigenvalue weighted by Crippen LogP contribution is -2.44. The van der Waals surface area contributed by atoms with Gasteiger partial charge in [0.2, 0.25) is 0 Å². The Kier molecular flexibility index (Phi) is 5.60. The number of carbonyl (C=O) groups excluding carboxylic acids is 1. The Hall–Kier alpha value is -1.12. The minimum absolute atomic E-state index is 0.0247. The highest BCUT2D eigenvalue weighted by Crippen LogP contribution is 2.30. The summed E-state index contributed by atoms with van der Waals surface area (Å²) in [5, 5.41) is 17.9. The Morgan fingerprint density at radius 3 is 2.52 bits per heavy atom. The molecule has 0 aliphatic carbocycles. The van der Waals surface area contributed by atoms with Crippen molar-refractivity contribution in [2.45, 2.75) is 18.9 Å². The predicted molar refractivity (Wildman–Crippen MR) is 86.8 cm³/mol. The molecular formula is C13H15Br2N3O3. The van der Waals surface area contributed by atoms with Crippen LogP contribution in [0.2, 0.25) is 0 Å². The van der Waals surface area contributed by atoms with Crippen molar-refractivity contribution >= 4 is 49.5 Å². The van der Waals surface area contributed by atoms with Gasteiger partial charge in [-0.25, -0.2) is 9.59 Å². The first-order chi connectivity index (χ1) is 9.97. The van der Waals surface area contributed by atoms with Crippen LogP contribution in [-0.4, -0.2) is 36.2 Å². The molecule has 114 valence electrons. The van der Waals surface area contributed by atoms with Gasteiger partial charge in [0.25, 0.3) is 0 Å². The second kappa shape index (κ2) is 7.24. The first-order valence-electron chi connectivity index (χ1n) is 6.48. The van der Waals surface area contributed by atoms with Crippen molar-refractivity contribution in [1.82, 2.24) is 10.6 Å². The van der Waals surface area contributed by atoms with Crippen molar-refractivity contribution in [2.75, 3.05) is 18.4 Å². The molecule has 1 fully saturated rings. The maximum Gasteiger partial charge on any atom is 0.337 e. The first kappa shape index (κ1) is 16.3. The molecule has 0 saturated carbocycles. The fourth-order valence-corrected chi connectivity index (χ4v) is 3.49. The third-order valence-electron chi connectivity index (χ3n) is 3.20. The minimum atomic E-state index is -1.10. The number of hydrogen-bond acceptors (Lipinski definition) is 3. The van der Waals surface area contributed by atoms with Gasteiger partial charge >= 0.3 is 12.0 Å². The number of halogens is 2. The number of amides is 2. The molecule has 1 aliphatic rings. The maximum atomic E-state index is 12.0. The number of benzene rings is 1. The number of urea groups is 1. The Balaban J connectivity index is 2.11. The van der Waals surface area contributed by atoms with Gasteiger partial charge in [-0.15, -0.1) is 0 Å². The molecule has 21 heavy (non-hydrogen) atoms. The molecule has 8 heteroatoms. The average molecular weight is 421 g/mol. The zero-order valence-electron chi connectivity index (χ0n) is 11.1. The third kappa shape index (κ3) is 4.42. The largest absolute Gasteiger partial charge is 0.478 e. The van der Waals surface area contributed by atoms with E-state index in [0.717, 1.165) is 25.9 Å². The lowest BCUT2D eigenvalue weighted by atomic mass is 10.1. The first-order valence-corrected chi connectivity index (χ1v) is 8.06. The van der Waals surface area contributed by atoms with Crippen molar-refractivity contribution in [3.8, 4) is 0 Å². The zero-order chi connectivity index (χ0) is 15.4. The van der Waals surface area contributed by atoms with Gasteiger partial charge in [0.05, 0.1) is 11.3 Å². The third-order valence-corrected chi connectivity index (χ3v) is 4.28. The standard InChI is InChI=1S/C13H15Br2N3O3/c14-7-5-9(12(19)20)11(10(15)6-7)18-13(21)17-8-1-3-16-4-2-8/h5-6,8,16H,1-4H2,(H,19,20)(H2,17,18,21). The van der Waals surface area contributed by atoms with E-state index < -0.39 is 12.0 Å². The highest BCUT2D eigenvalue weighted by molar-refractivity contribution is 9.11. The molecule has 0 unspecified atom stereocenters. The van der Waals surface area contributed by atoms with Crippen LogP contribution < -0.4 is 16.0 Å². The van der Waals surface area contributed by atoms with Crippen molar-refractivity contribution < 1.29 is 14.7 Å². The highest BCUT2D eigenvalue weighted by Gasteiger charge is 2.19. The molecule has 0 radical (unpaired) electrons. The number of rotatable bonds is 3. The predicted octanol–water partition coefficient (Wildman–Crippen LogP) is 2.78. The molecule has 1 saturated heterocycles. The molecule has 4 N–H and O–H groups in total. The summed E-state index contributed by atoms with van der Waals surface area (Å²) in [6.45, 7) is 1.74. The van der Waals surface area contributed by atoms with E-state index in [1.165, 1.54) is 6.07 Å². The number of piperidine rings is 1. The van der Waals surface area contributed by atoms with Gasteiger partial charge < -0.3 is 21.1 Å². The van der Waals surface area contributed by atoms with E-state index in [1.54, 1.807) is 6.07 Å². The number of carboxylic acids is 1. The summed E-state index contributed by atoms with van der Waals surface area (Å²) in [6.07, 6.45) is 1.72. The minimum Gasteiger partial charge on any atom is -0.478 e. The molecule has 6 nitrogen and oxygen atoms in total. The molecule has 2 amide bonds. The molecule has 0 bridgehead atoms. The number of aromatic carboxylic acids is 1. The van der Waals surface area contributed by atoms with Crippen molar-refractivity contribution in [3.63, 3.8) is 0 Å². The van der Waals surface area contributed by atoms with E-state index in [9.17, 15) is 14.7 Å². The molecule has 0 aromatic heterocycles. The second-order valence-corrected chi connectivity index (χ2v) is 6.51. The van der Waals surface area contributed by atoms with E-state index >= 15 is 0 Å². The van der Waals surface area contributed by atoms with Crippen LogP contribution in [0.1, 0.15) is 23.2 Å². The molecule has 1 heterocycles. The molecule has 0 spiro atoms. The quantitative estimate of drug-likeness (QED) is 0.605. The summed E-state index contributed by atoms with van der Waals surface area (Å²) >= 11 is 6.51. The normalized spacial score (nSPS) is 15.5. The Labute approximate surface area is 138 Å². The smallest absolute Gasteiger partial charge is 0.337 e. The highest BCUT2D eigenvalue weighted by atomic mass is 79.9. The number of anilines is 1. The van der Waals surface area contributed by atoms with Gasteiger partial charge in [0.15, 0.2) is 0 Å². The van der Waals surface area contributed by atoms with Gasteiger partial charge in [-0.2, -0.15) is 0 Å². The van der Waals surface area contributed by atoms with Gasteiger partial charge in [0, 0.05) is 15.0 Å². The van der Waals surface area contributed by atoms with E-state index in [2.05, 4.69) is 47.8 Å². The number of nitrogens with one attached hydrogen (secondary N) is 3. The topological polar surface area (TPSA) is 90.5 Å². The summed E-state index contributed by atoms with van der Waals surface area (Å²) in [6, 6.07) is 2.85. The van der Waals surface area contributed by atoms with E-state index in [4.69, 9.17) is 0 Å². The molecule has 1 aromatic rings. The number of carbonyl (C=O) groups is 2. The van der Waals surface area contributed by atoms with Crippen molar-refractivity contribution in [3.05, 3.63) is 26.6 Å². The van der Waals surface area contributed by atoms with Crippen LogP contribution in [0.4, 0.5) is 10.5 Å². The number of carboxylic acid groups (broad SMARTS) is 1. The van der Waals surface area contributed by atoms with Crippen LogP contribution in [0.5, 0.6) is 0 Å². The molecule has 2 rings (SSSR count). The fraction of sp³-hybridized carbons (Fsp3) is 0.385. The number of hydrogen-bond donors (Lipinski definition) is 4. The summed E-state index contributed by atoms with van der Waals surface area (Å²) in [4.78, 5) is 23.3. The van der Waals surface area contributed by atoms with Crippen molar-refractivity contribution in [2.24, 2.45) is 0 Å². The molecular weight excluding hydrogens is 406 g/mol. The Morgan fingerprint density at radius 1 is 1.24 bits per heavy atom. The Morgan fingerprint density at radius 2 is 1.90 bits per heavy atom. The maximum absolute atomic E-state index is 12.0. The average Bonchev–Trinajstić information content (AvgIpc) is 2.42. The van der Waals surface area contributed by atoms with Gasteiger partial charge in [-0.1, -0.05) is 15.9 Å². The van der Waals surface area contributed by atoms with E-state index in [-0.39, 0.29) is 17.3 Å². The van der Waals surface area contributed by atoms with Crippen LogP contribution in [0.3, 0.4) is 0 Å². The molecule has 0 atom stereocenters. The van der Waals surface area contributed by atoms with Gasteiger partial charge in [-0.3, -0.25) is 0 Å². The van der Waals surface area contributed by atoms with Gasteiger partial charge in [0.1, 0.15) is 0 Å². The monoisotopic (exact) mass is 419 g/mol. The lowest BCUT2D eigenvalue weighted by molar-refractivity contribution is 0.0698. The lowest BCUT2D eigenvalue weighted by Gasteiger charge is -2.24. The second-order valence-electron chi connectivity index (χ2n) is 4.74.